The first-order valence-corrected chi connectivity index (χ1v) is 6.30. The zero-order chi connectivity index (χ0) is 14.1. The number of nitrogens with one attached hydrogen (secondary N) is 1. The van der Waals surface area contributed by atoms with Crippen molar-refractivity contribution in [1.82, 2.24) is 14.5 Å². The van der Waals surface area contributed by atoms with Crippen molar-refractivity contribution in [2.45, 2.75) is 6.92 Å². The summed E-state index contributed by atoms with van der Waals surface area (Å²) in [6.07, 6.45) is 1.59. The third kappa shape index (κ3) is 2.14. The highest BCUT2D eigenvalue weighted by Crippen LogP contribution is 2.19. The molecule has 0 aliphatic rings. The number of anilines is 1. The van der Waals surface area contributed by atoms with Gasteiger partial charge in [0.05, 0.1) is 11.0 Å². The van der Waals surface area contributed by atoms with Gasteiger partial charge < -0.3 is 4.57 Å². The number of hydrogen-bond donors (Lipinski definition) is 1. The molecule has 3 rings (SSSR count). The van der Waals surface area contributed by atoms with Gasteiger partial charge in [-0.3, -0.25) is 15.1 Å². The maximum absolute atomic E-state index is 12.1. The number of aromatic nitrogens is 3. The lowest BCUT2D eigenvalue weighted by atomic mass is 10.2. The maximum atomic E-state index is 12.1. The molecule has 0 saturated heterocycles. The lowest BCUT2D eigenvalue weighted by Crippen LogP contribution is -2.16. The molecular formula is C15H14N4O. The van der Waals surface area contributed by atoms with E-state index in [9.17, 15) is 4.79 Å². The standard InChI is InChI=1S/C15H14N4O/c1-10-6-7-13-12(9-10)17-15(19(13)2)18-14(20)11-5-3-4-8-16-11/h3-9H,1-2H3,(H,17,18,20). The molecule has 0 aliphatic heterocycles. The molecule has 0 atom stereocenters. The monoisotopic (exact) mass is 266 g/mol. The molecule has 2 heterocycles. The zero-order valence-electron chi connectivity index (χ0n) is 11.3. The molecule has 20 heavy (non-hydrogen) atoms. The summed E-state index contributed by atoms with van der Waals surface area (Å²) in [4.78, 5) is 20.5. The van der Waals surface area contributed by atoms with Gasteiger partial charge >= 0.3 is 0 Å². The molecule has 0 fully saturated rings. The van der Waals surface area contributed by atoms with Crippen molar-refractivity contribution in [3.63, 3.8) is 0 Å². The van der Waals surface area contributed by atoms with E-state index in [1.807, 2.05) is 36.7 Å². The van der Waals surface area contributed by atoms with Crippen LogP contribution in [0.25, 0.3) is 11.0 Å². The number of pyridine rings is 1. The van der Waals surface area contributed by atoms with Crippen LogP contribution in [-0.4, -0.2) is 20.4 Å². The summed E-state index contributed by atoms with van der Waals surface area (Å²) >= 11 is 0. The van der Waals surface area contributed by atoms with Crippen molar-refractivity contribution >= 4 is 22.9 Å². The van der Waals surface area contributed by atoms with Gasteiger partial charge in [-0.1, -0.05) is 12.1 Å². The van der Waals surface area contributed by atoms with Crippen LogP contribution >= 0.6 is 0 Å². The van der Waals surface area contributed by atoms with Crippen molar-refractivity contribution < 1.29 is 4.79 Å². The molecule has 0 radical (unpaired) electrons. The predicted octanol–water partition coefficient (Wildman–Crippen LogP) is 2.53. The molecule has 5 nitrogen and oxygen atoms in total. The second-order valence-electron chi connectivity index (χ2n) is 4.66. The van der Waals surface area contributed by atoms with Crippen LogP contribution in [0.1, 0.15) is 16.1 Å². The highest BCUT2D eigenvalue weighted by Gasteiger charge is 2.12. The molecule has 1 amide bonds. The minimum absolute atomic E-state index is 0.263. The summed E-state index contributed by atoms with van der Waals surface area (Å²) in [7, 11) is 1.87. The lowest BCUT2D eigenvalue weighted by Gasteiger charge is -2.04. The first kappa shape index (κ1) is 12.3. The van der Waals surface area contributed by atoms with Gasteiger partial charge in [-0.05, 0) is 36.8 Å². The van der Waals surface area contributed by atoms with E-state index in [1.54, 1.807) is 24.4 Å². The van der Waals surface area contributed by atoms with E-state index in [4.69, 9.17) is 0 Å². The number of aryl methyl sites for hydroxylation is 2. The van der Waals surface area contributed by atoms with E-state index in [1.165, 1.54) is 0 Å². The fourth-order valence-electron chi connectivity index (χ4n) is 2.08. The van der Waals surface area contributed by atoms with Crippen molar-refractivity contribution in [2.24, 2.45) is 7.05 Å². The molecule has 5 heteroatoms. The SMILES string of the molecule is Cc1ccc2c(c1)nc(NC(=O)c1ccccn1)n2C. The van der Waals surface area contributed by atoms with E-state index >= 15 is 0 Å². The summed E-state index contributed by atoms with van der Waals surface area (Å²) in [5.74, 6) is 0.252. The van der Waals surface area contributed by atoms with Crippen LogP contribution in [0.3, 0.4) is 0 Å². The van der Waals surface area contributed by atoms with E-state index in [-0.39, 0.29) is 5.91 Å². The fraction of sp³-hybridized carbons (Fsp3) is 0.133. The van der Waals surface area contributed by atoms with E-state index in [2.05, 4.69) is 15.3 Å². The van der Waals surface area contributed by atoms with Gasteiger partial charge in [0.15, 0.2) is 0 Å². The second-order valence-corrected chi connectivity index (χ2v) is 4.66. The highest BCUT2D eigenvalue weighted by molar-refractivity contribution is 6.02. The number of imidazole rings is 1. The third-order valence-corrected chi connectivity index (χ3v) is 3.16. The van der Waals surface area contributed by atoms with E-state index in [0.29, 0.717) is 11.6 Å². The second kappa shape index (κ2) is 4.77. The number of nitrogens with zero attached hydrogens (tertiary/aromatic N) is 3. The topological polar surface area (TPSA) is 59.8 Å². The molecule has 0 spiro atoms. The minimum Gasteiger partial charge on any atom is -0.313 e. The summed E-state index contributed by atoms with van der Waals surface area (Å²) in [6, 6.07) is 11.2. The zero-order valence-corrected chi connectivity index (χ0v) is 11.3. The van der Waals surface area contributed by atoms with Crippen LogP contribution in [0.4, 0.5) is 5.95 Å². The van der Waals surface area contributed by atoms with Gasteiger partial charge in [0.2, 0.25) is 5.95 Å². The number of hydrogen-bond acceptors (Lipinski definition) is 3. The van der Waals surface area contributed by atoms with Crippen LogP contribution in [-0.2, 0) is 7.05 Å². The average molecular weight is 266 g/mol. The number of amides is 1. The van der Waals surface area contributed by atoms with Gasteiger partial charge in [0, 0.05) is 13.2 Å². The Labute approximate surface area is 116 Å². The Hall–Kier alpha value is -2.69. The molecule has 0 unspecified atom stereocenters. The number of benzene rings is 1. The number of carbonyl (C=O) groups is 1. The van der Waals surface area contributed by atoms with Gasteiger partial charge in [0.1, 0.15) is 5.69 Å². The van der Waals surface area contributed by atoms with Gasteiger partial charge in [-0.15, -0.1) is 0 Å². The molecule has 2 aromatic heterocycles. The molecule has 1 aromatic carbocycles. The average Bonchev–Trinajstić information content (AvgIpc) is 2.75. The summed E-state index contributed by atoms with van der Waals surface area (Å²) in [5, 5.41) is 2.79. The van der Waals surface area contributed by atoms with Crippen molar-refractivity contribution in [3.05, 3.63) is 53.9 Å². The molecule has 0 aliphatic carbocycles. The van der Waals surface area contributed by atoms with Crippen LogP contribution in [0.2, 0.25) is 0 Å². The third-order valence-electron chi connectivity index (χ3n) is 3.16. The lowest BCUT2D eigenvalue weighted by molar-refractivity contribution is 0.102. The first-order chi connectivity index (χ1) is 9.65. The Morgan fingerprint density at radius 2 is 2.10 bits per heavy atom. The van der Waals surface area contributed by atoms with Gasteiger partial charge in [-0.2, -0.15) is 0 Å². The van der Waals surface area contributed by atoms with E-state index < -0.39 is 0 Å². The largest absolute Gasteiger partial charge is 0.313 e. The van der Waals surface area contributed by atoms with Crippen LogP contribution in [0.15, 0.2) is 42.6 Å². The smallest absolute Gasteiger partial charge is 0.276 e. The minimum atomic E-state index is -0.263. The molecule has 100 valence electrons. The van der Waals surface area contributed by atoms with Crippen LogP contribution in [0, 0.1) is 6.92 Å². The molecule has 0 bridgehead atoms. The molecule has 1 N–H and O–H groups in total. The normalized spacial score (nSPS) is 10.7. The summed E-state index contributed by atoms with van der Waals surface area (Å²) in [5.41, 5.74) is 3.35. The van der Waals surface area contributed by atoms with E-state index in [0.717, 1.165) is 16.6 Å². The van der Waals surface area contributed by atoms with Crippen LogP contribution in [0.5, 0.6) is 0 Å². The Morgan fingerprint density at radius 1 is 1.25 bits per heavy atom. The Morgan fingerprint density at radius 3 is 2.85 bits per heavy atom. The number of rotatable bonds is 2. The molecular weight excluding hydrogens is 252 g/mol. The van der Waals surface area contributed by atoms with Crippen molar-refractivity contribution in [2.75, 3.05) is 5.32 Å². The van der Waals surface area contributed by atoms with Gasteiger partial charge in [-0.25, -0.2) is 4.98 Å². The number of carbonyl (C=O) groups excluding carboxylic acids is 1. The Kier molecular flexibility index (Phi) is 2.95. The number of fused-ring (bicyclic) bond motifs is 1. The molecule has 3 aromatic rings. The Balaban J connectivity index is 1.95. The van der Waals surface area contributed by atoms with Gasteiger partial charge in [0.25, 0.3) is 5.91 Å². The fourth-order valence-corrected chi connectivity index (χ4v) is 2.08. The van der Waals surface area contributed by atoms with Crippen LogP contribution < -0.4 is 5.32 Å². The quantitative estimate of drug-likeness (QED) is 0.775. The predicted molar refractivity (Wildman–Crippen MR) is 77.6 cm³/mol. The molecule has 0 saturated carbocycles. The summed E-state index contributed by atoms with van der Waals surface area (Å²) in [6.45, 7) is 2.01. The van der Waals surface area contributed by atoms with Crippen molar-refractivity contribution in [3.8, 4) is 0 Å². The van der Waals surface area contributed by atoms with Crippen molar-refractivity contribution in [1.29, 1.82) is 0 Å². The maximum Gasteiger partial charge on any atom is 0.276 e. The first-order valence-electron chi connectivity index (χ1n) is 6.30. The highest BCUT2D eigenvalue weighted by atomic mass is 16.2. The Bertz CT molecular complexity index is 777. The summed E-state index contributed by atoms with van der Waals surface area (Å²) < 4.78 is 1.86.